The van der Waals surface area contributed by atoms with Gasteiger partial charge in [0, 0.05) is 103 Å². The van der Waals surface area contributed by atoms with Crippen LogP contribution in [-0.2, 0) is 91.6 Å². The number of fused-ring (bicyclic) bond motifs is 4. The fourth-order valence-corrected chi connectivity index (χ4v) is 25.2. The van der Waals surface area contributed by atoms with E-state index in [4.69, 9.17) is 53.1 Å². The summed E-state index contributed by atoms with van der Waals surface area (Å²) >= 11 is 0. The van der Waals surface area contributed by atoms with Crippen LogP contribution in [0.1, 0.15) is 259 Å². The Morgan fingerprint density at radius 3 is 0.543 bits per heavy atom. The average Bonchev–Trinajstić information content (AvgIpc) is 0.699. The van der Waals surface area contributed by atoms with E-state index in [0.29, 0.717) is 103 Å². The summed E-state index contributed by atoms with van der Waals surface area (Å²) in [5.41, 5.74) is 8.33. The largest absolute Gasteiger partial charge is 0.501 e. The molecule has 0 aliphatic heterocycles. The van der Waals surface area contributed by atoms with Crippen LogP contribution in [0.2, 0.25) is 24.2 Å². The average molecular weight is 1380 g/mol. The lowest BCUT2D eigenvalue weighted by atomic mass is 9.76. The fraction of sp³-hybridized carbons (Fsp3) is 0.718. The maximum atomic E-state index is 6.82. The molecule has 0 amide bonds. The van der Waals surface area contributed by atoms with Gasteiger partial charge in [0.05, 0.1) is 0 Å². The summed E-state index contributed by atoms with van der Waals surface area (Å²) in [6.45, 7) is 35.8. The first-order valence-corrected chi connectivity index (χ1v) is 46.2. The van der Waals surface area contributed by atoms with Crippen LogP contribution in [0.5, 0.6) is 0 Å². The van der Waals surface area contributed by atoms with Crippen LogP contribution < -0.4 is 0 Å². The minimum absolute atomic E-state index is 0.519. The molecule has 0 spiro atoms. The highest BCUT2D eigenvalue weighted by Gasteiger charge is 2.45. The number of hydrogen-bond acceptors (Lipinski definition) is 12. The number of rotatable bonds is 58. The summed E-state index contributed by atoms with van der Waals surface area (Å²) in [6, 6.07) is 21.3. The first-order valence-electron chi connectivity index (χ1n) is 38.5. The summed E-state index contributed by atoms with van der Waals surface area (Å²) < 4.78 is 81.8. The van der Waals surface area contributed by atoms with Crippen molar-refractivity contribution >= 4 is 78.3 Å². The molecular weight excluding hydrogens is 1240 g/mol. The molecule has 12 nitrogen and oxygen atoms in total. The third-order valence-electron chi connectivity index (χ3n) is 18.7. The van der Waals surface area contributed by atoms with Crippen molar-refractivity contribution in [1.29, 1.82) is 0 Å². The fourth-order valence-electron chi connectivity index (χ4n) is 15.0. The lowest BCUT2D eigenvalue weighted by Crippen LogP contribution is -2.46. The molecular formula is C78H134O12Si4. The van der Waals surface area contributed by atoms with E-state index in [-0.39, 0.29) is 0 Å². The molecule has 0 N–H and O–H groups in total. The van der Waals surface area contributed by atoms with Crippen LogP contribution in [0.25, 0.3) is 43.1 Å². The van der Waals surface area contributed by atoms with E-state index in [1.165, 1.54) is 179 Å². The van der Waals surface area contributed by atoms with Gasteiger partial charge in [0.2, 0.25) is 0 Å². The zero-order chi connectivity index (χ0) is 67.9. The van der Waals surface area contributed by atoms with Gasteiger partial charge in [-0.05, 0) is 211 Å². The molecule has 0 fully saturated rings. The second-order valence-corrected chi connectivity index (χ2v) is 36.2. The highest BCUT2D eigenvalue weighted by Crippen LogP contribution is 2.49. The Hall–Kier alpha value is -2.47. The van der Waals surface area contributed by atoms with E-state index in [2.05, 4.69) is 145 Å². The standard InChI is InChI=1S/C78H134O12Si4/c1-15-29-31-33-35-37-39-41-43-45-55-73-75-69(57-61-91(79-17-3,80-18-4)81-19-5)65-51-47-49-53-67(65)71(59-63-93(85-23-9,86-24-10)87-25-11)77(75)74(56-46-44-42-40-38-36-34-32-30-16-2)78-72(60-64-94(88-26-12,89-27-13)90-28-14)68-54-50-48-52-66(68)70(76(73)78)58-62-92(82-20-6,83-21-7)84-22-8/h47-54H,15-46,55-64H2,1-14H3. The number of unbranched alkanes of at least 4 members (excludes halogenated alkanes) is 18. The predicted octanol–water partition coefficient (Wildman–Crippen LogP) is 21.6. The zero-order valence-corrected chi connectivity index (χ0v) is 66.2. The van der Waals surface area contributed by atoms with Gasteiger partial charge in [0.1, 0.15) is 0 Å². The van der Waals surface area contributed by atoms with Crippen molar-refractivity contribution in [3.05, 3.63) is 81.9 Å². The minimum Gasteiger partial charge on any atom is -0.374 e. The molecule has 5 aromatic carbocycles. The van der Waals surface area contributed by atoms with E-state index in [0.717, 1.165) is 64.2 Å². The minimum atomic E-state index is -3.20. The number of benzene rings is 5. The number of aryl methyl sites for hydroxylation is 6. The zero-order valence-electron chi connectivity index (χ0n) is 62.2. The third-order valence-corrected chi connectivity index (χ3v) is 30.9. The van der Waals surface area contributed by atoms with Crippen molar-refractivity contribution < 1.29 is 53.1 Å². The van der Waals surface area contributed by atoms with E-state index < -0.39 is 35.2 Å². The molecule has 0 heterocycles. The van der Waals surface area contributed by atoms with Gasteiger partial charge < -0.3 is 53.1 Å². The van der Waals surface area contributed by atoms with Gasteiger partial charge in [0.25, 0.3) is 0 Å². The van der Waals surface area contributed by atoms with Crippen molar-refractivity contribution in [3.8, 4) is 0 Å². The van der Waals surface area contributed by atoms with Crippen LogP contribution in [0.4, 0.5) is 0 Å². The predicted molar refractivity (Wildman–Crippen MR) is 404 cm³/mol. The molecule has 5 aromatic rings. The van der Waals surface area contributed by atoms with Crippen molar-refractivity contribution in [3.63, 3.8) is 0 Å². The van der Waals surface area contributed by atoms with Gasteiger partial charge in [-0.3, -0.25) is 0 Å². The van der Waals surface area contributed by atoms with Gasteiger partial charge in [0.15, 0.2) is 0 Å². The molecule has 0 aliphatic rings. The number of hydrogen-bond donors (Lipinski definition) is 0. The van der Waals surface area contributed by atoms with Gasteiger partial charge in [-0.1, -0.05) is 178 Å². The molecule has 0 unspecified atom stereocenters. The topological polar surface area (TPSA) is 111 Å². The van der Waals surface area contributed by atoms with Gasteiger partial charge in [-0.25, -0.2) is 0 Å². The van der Waals surface area contributed by atoms with Crippen LogP contribution in [0, 0.1) is 0 Å². The Kier molecular flexibility index (Phi) is 40.3. The van der Waals surface area contributed by atoms with Crippen molar-refractivity contribution in [1.82, 2.24) is 0 Å². The van der Waals surface area contributed by atoms with Gasteiger partial charge in [-0.2, -0.15) is 0 Å². The Morgan fingerprint density at radius 2 is 0.372 bits per heavy atom. The lowest BCUT2D eigenvalue weighted by Gasteiger charge is -2.32. The Bertz CT molecular complexity index is 2450. The second-order valence-electron chi connectivity index (χ2n) is 25.3. The highest BCUT2D eigenvalue weighted by atomic mass is 28.4. The van der Waals surface area contributed by atoms with Crippen LogP contribution >= 0.6 is 0 Å². The van der Waals surface area contributed by atoms with E-state index >= 15 is 0 Å². The summed E-state index contributed by atoms with van der Waals surface area (Å²) in [5, 5.41) is 10.7. The lowest BCUT2D eigenvalue weighted by molar-refractivity contribution is 0.0706. The summed E-state index contributed by atoms with van der Waals surface area (Å²) in [6.07, 6.45) is 29.9. The summed E-state index contributed by atoms with van der Waals surface area (Å²) in [5.74, 6) is 0. The normalized spacial score (nSPS) is 12.7. The van der Waals surface area contributed by atoms with E-state index in [1.54, 1.807) is 0 Å². The van der Waals surface area contributed by atoms with E-state index in [9.17, 15) is 0 Å². The SMILES string of the molecule is CCCCCCCCCCCCc1c2c(CC[Si](OCC)(OCC)OCC)c3ccccc3c(CC[Si](OCC)(OCC)OCC)c2c(CCCCCCCCCCCC)c2c(CC[Si](OCC)(OCC)OCC)c3ccccc3c(CC[Si](OCC)(OCC)OCC)c12. The van der Waals surface area contributed by atoms with Crippen LogP contribution in [0.3, 0.4) is 0 Å². The molecule has 0 aliphatic carbocycles. The molecule has 0 saturated carbocycles. The van der Waals surface area contributed by atoms with Crippen LogP contribution in [0.15, 0.2) is 48.5 Å². The van der Waals surface area contributed by atoms with Crippen molar-refractivity contribution in [2.75, 3.05) is 79.3 Å². The first-order chi connectivity index (χ1) is 46.0. The maximum Gasteiger partial charge on any atom is 0.501 e. The maximum absolute atomic E-state index is 6.82. The van der Waals surface area contributed by atoms with Crippen LogP contribution in [-0.4, -0.2) is 115 Å². The molecule has 0 aromatic heterocycles. The Balaban J connectivity index is 2.13. The summed E-state index contributed by atoms with van der Waals surface area (Å²) in [7, 11) is -12.8. The van der Waals surface area contributed by atoms with Crippen molar-refractivity contribution in [2.45, 2.75) is 288 Å². The molecule has 0 saturated heterocycles. The molecule has 0 bridgehead atoms. The second kappa shape index (κ2) is 46.0. The van der Waals surface area contributed by atoms with E-state index in [1.807, 2.05) is 0 Å². The van der Waals surface area contributed by atoms with Gasteiger partial charge in [-0.15, -0.1) is 0 Å². The first kappa shape index (κ1) is 82.2. The smallest absolute Gasteiger partial charge is 0.374 e. The third kappa shape index (κ3) is 23.8. The quantitative estimate of drug-likeness (QED) is 0.0210. The molecule has 0 radical (unpaired) electrons. The van der Waals surface area contributed by atoms with Gasteiger partial charge >= 0.3 is 35.2 Å². The summed E-state index contributed by atoms with van der Waals surface area (Å²) in [4.78, 5) is 0. The molecule has 534 valence electrons. The monoisotopic (exact) mass is 1370 g/mol. The molecule has 94 heavy (non-hydrogen) atoms. The Morgan fingerprint density at radius 1 is 0.202 bits per heavy atom. The van der Waals surface area contributed by atoms with Crippen molar-refractivity contribution in [2.24, 2.45) is 0 Å². The molecule has 16 heteroatoms. The molecule has 5 rings (SSSR count). The highest BCUT2D eigenvalue weighted by molar-refractivity contribution is 6.62. The Labute approximate surface area is 577 Å². The molecule has 0 atom stereocenters.